The van der Waals surface area contributed by atoms with E-state index in [2.05, 4.69) is 4.72 Å². The van der Waals surface area contributed by atoms with Crippen LogP contribution in [0.25, 0.3) is 0 Å². The van der Waals surface area contributed by atoms with Crippen LogP contribution in [0.5, 0.6) is 0 Å². The number of carbonyl (C=O) groups is 1. The zero-order valence-corrected chi connectivity index (χ0v) is 13.9. The number of hydrogen-bond donors (Lipinski definition) is 1. The number of aryl methyl sites for hydroxylation is 1. The van der Waals surface area contributed by atoms with Gasteiger partial charge in [0.25, 0.3) is 0 Å². The van der Waals surface area contributed by atoms with Crippen LogP contribution in [0.2, 0.25) is 0 Å². The van der Waals surface area contributed by atoms with Gasteiger partial charge in [0.2, 0.25) is 10.0 Å². The Morgan fingerprint density at radius 1 is 1.41 bits per heavy atom. The van der Waals surface area contributed by atoms with E-state index in [0.29, 0.717) is 12.0 Å². The molecule has 0 aromatic carbocycles. The van der Waals surface area contributed by atoms with Gasteiger partial charge in [-0.1, -0.05) is 12.2 Å². The molecule has 0 bridgehead atoms. The molecule has 1 atom stereocenters. The largest absolute Gasteiger partial charge is 0.464 e. The number of aromatic nitrogens is 1. The molecule has 6 nitrogen and oxygen atoms in total. The molecule has 2 rings (SSSR count). The molecule has 122 valence electrons. The normalized spacial score (nSPS) is 23.1. The van der Waals surface area contributed by atoms with E-state index in [1.165, 1.54) is 17.9 Å². The van der Waals surface area contributed by atoms with Gasteiger partial charge in [0.15, 0.2) is 0 Å². The summed E-state index contributed by atoms with van der Waals surface area (Å²) in [6, 6.07) is -0.147. The summed E-state index contributed by atoms with van der Waals surface area (Å²) >= 11 is 0. The predicted octanol–water partition coefficient (Wildman–Crippen LogP) is 1.76. The average molecular weight is 326 g/mol. The van der Waals surface area contributed by atoms with Crippen LogP contribution in [0, 0.1) is 0 Å². The van der Waals surface area contributed by atoms with Crippen LogP contribution in [-0.4, -0.2) is 32.1 Å². The van der Waals surface area contributed by atoms with E-state index in [-0.39, 0.29) is 16.6 Å². The standard InChI is InChI=1S/C15H22N2O4S/c1-11-8-6-4-5-7-9-12-13(22(19,20)16-11)10-17(2)14(12)15(18)21-3/h5,7,10-11,16H,4,6,8-9H2,1-3H3/b7-5-. The highest BCUT2D eigenvalue weighted by Crippen LogP contribution is 2.25. The Labute approximate surface area is 131 Å². The lowest BCUT2D eigenvalue weighted by atomic mass is 10.1. The number of methoxy groups -OCH3 is 1. The van der Waals surface area contributed by atoms with Crippen molar-refractivity contribution in [3.05, 3.63) is 29.6 Å². The lowest BCUT2D eigenvalue weighted by Crippen LogP contribution is -2.32. The van der Waals surface area contributed by atoms with Crippen molar-refractivity contribution >= 4 is 16.0 Å². The second kappa shape index (κ2) is 6.66. The van der Waals surface area contributed by atoms with Gasteiger partial charge in [-0.2, -0.15) is 0 Å². The van der Waals surface area contributed by atoms with Crippen molar-refractivity contribution in [1.29, 1.82) is 0 Å². The molecular weight excluding hydrogens is 304 g/mol. The minimum absolute atomic E-state index is 0.147. The van der Waals surface area contributed by atoms with E-state index in [0.717, 1.165) is 19.3 Å². The first kappa shape index (κ1) is 16.8. The van der Waals surface area contributed by atoms with Crippen LogP contribution >= 0.6 is 0 Å². The number of allylic oxidation sites excluding steroid dienone is 2. The molecule has 1 aliphatic heterocycles. The molecule has 2 heterocycles. The van der Waals surface area contributed by atoms with Gasteiger partial charge in [-0.25, -0.2) is 17.9 Å². The third kappa shape index (κ3) is 3.41. The Balaban J connectivity index is 2.59. The van der Waals surface area contributed by atoms with Crippen molar-refractivity contribution in [3.63, 3.8) is 0 Å². The molecule has 1 unspecified atom stereocenters. The van der Waals surface area contributed by atoms with Crippen LogP contribution in [-0.2, 0) is 28.2 Å². The predicted molar refractivity (Wildman–Crippen MR) is 83.2 cm³/mol. The van der Waals surface area contributed by atoms with Crippen LogP contribution < -0.4 is 4.72 Å². The van der Waals surface area contributed by atoms with Gasteiger partial charge >= 0.3 is 5.97 Å². The van der Waals surface area contributed by atoms with Crippen LogP contribution in [0.1, 0.15) is 42.2 Å². The number of carbonyl (C=O) groups excluding carboxylic acids is 1. The molecule has 0 aliphatic carbocycles. The number of esters is 1. The third-order valence-electron chi connectivity index (χ3n) is 3.77. The summed E-state index contributed by atoms with van der Waals surface area (Å²) in [6.07, 6.45) is 8.39. The van der Waals surface area contributed by atoms with Crippen molar-refractivity contribution in [2.45, 2.75) is 43.5 Å². The topological polar surface area (TPSA) is 77.4 Å². The van der Waals surface area contributed by atoms with E-state index in [9.17, 15) is 13.2 Å². The van der Waals surface area contributed by atoms with E-state index in [4.69, 9.17) is 4.74 Å². The molecule has 1 aromatic heterocycles. The summed E-state index contributed by atoms with van der Waals surface area (Å²) in [6.45, 7) is 1.85. The number of ether oxygens (including phenoxy) is 1. The fourth-order valence-electron chi connectivity index (χ4n) is 2.69. The monoisotopic (exact) mass is 326 g/mol. The van der Waals surface area contributed by atoms with E-state index in [1.807, 2.05) is 19.1 Å². The van der Waals surface area contributed by atoms with Gasteiger partial charge in [0, 0.05) is 24.8 Å². The summed E-state index contributed by atoms with van der Waals surface area (Å²) in [4.78, 5) is 12.1. The van der Waals surface area contributed by atoms with Crippen molar-refractivity contribution < 1.29 is 17.9 Å². The number of nitrogens with one attached hydrogen (secondary N) is 1. The van der Waals surface area contributed by atoms with Gasteiger partial charge in [-0.05, 0) is 32.6 Å². The van der Waals surface area contributed by atoms with E-state index in [1.54, 1.807) is 7.05 Å². The van der Waals surface area contributed by atoms with Crippen LogP contribution in [0.4, 0.5) is 0 Å². The number of nitrogens with zero attached hydrogens (tertiary/aromatic N) is 1. The summed E-state index contributed by atoms with van der Waals surface area (Å²) in [5.41, 5.74) is 0.756. The Morgan fingerprint density at radius 3 is 2.82 bits per heavy atom. The van der Waals surface area contributed by atoms with Crippen molar-refractivity contribution in [2.24, 2.45) is 7.05 Å². The summed E-state index contributed by atoms with van der Waals surface area (Å²) in [5.74, 6) is -0.532. The van der Waals surface area contributed by atoms with E-state index >= 15 is 0 Å². The molecule has 0 saturated carbocycles. The molecule has 0 saturated heterocycles. The SMILES string of the molecule is COC(=O)c1c2c(cn1C)S(=O)(=O)NC(C)CCC/C=C\C2. The molecule has 0 fully saturated rings. The zero-order chi connectivity index (χ0) is 16.3. The smallest absolute Gasteiger partial charge is 0.355 e. The number of sulfonamides is 1. The molecule has 7 heteroatoms. The second-order valence-electron chi connectivity index (χ2n) is 5.55. The Bertz CT molecular complexity index is 689. The molecular formula is C15H22N2O4S. The highest BCUT2D eigenvalue weighted by molar-refractivity contribution is 7.89. The highest BCUT2D eigenvalue weighted by Gasteiger charge is 2.28. The molecule has 1 aromatic rings. The van der Waals surface area contributed by atoms with Gasteiger partial charge in [0.05, 0.1) is 7.11 Å². The maximum absolute atomic E-state index is 12.6. The lowest BCUT2D eigenvalue weighted by molar-refractivity contribution is 0.0588. The molecule has 1 aliphatic rings. The minimum atomic E-state index is -3.66. The van der Waals surface area contributed by atoms with Crippen LogP contribution in [0.15, 0.2) is 23.2 Å². The Kier molecular flexibility index (Phi) is 5.08. The van der Waals surface area contributed by atoms with Gasteiger partial charge in [-0.3, -0.25) is 0 Å². The maximum atomic E-state index is 12.6. The van der Waals surface area contributed by atoms with Crippen molar-refractivity contribution in [3.8, 4) is 0 Å². The molecule has 0 amide bonds. The molecule has 0 radical (unpaired) electrons. The fraction of sp³-hybridized carbons (Fsp3) is 0.533. The maximum Gasteiger partial charge on any atom is 0.355 e. The first-order chi connectivity index (χ1) is 10.4. The quantitative estimate of drug-likeness (QED) is 0.630. The van der Waals surface area contributed by atoms with Crippen LogP contribution in [0.3, 0.4) is 0 Å². The number of hydrogen-bond acceptors (Lipinski definition) is 4. The summed E-state index contributed by atoms with van der Waals surface area (Å²) in [5, 5.41) is 0. The second-order valence-corrected chi connectivity index (χ2v) is 7.23. The zero-order valence-electron chi connectivity index (χ0n) is 13.1. The first-order valence-electron chi connectivity index (χ1n) is 7.30. The van der Waals surface area contributed by atoms with Gasteiger partial charge < -0.3 is 9.30 Å². The fourth-order valence-corrected chi connectivity index (χ4v) is 4.26. The van der Waals surface area contributed by atoms with Gasteiger partial charge in [0.1, 0.15) is 10.6 Å². The Morgan fingerprint density at radius 2 is 2.14 bits per heavy atom. The highest BCUT2D eigenvalue weighted by atomic mass is 32.2. The molecule has 0 spiro atoms. The summed E-state index contributed by atoms with van der Waals surface area (Å²) < 4.78 is 34.2. The molecule has 1 N–H and O–H groups in total. The molecule has 22 heavy (non-hydrogen) atoms. The lowest BCUT2D eigenvalue weighted by Gasteiger charge is -2.13. The summed E-state index contributed by atoms with van der Waals surface area (Å²) in [7, 11) is -0.727. The van der Waals surface area contributed by atoms with Crippen molar-refractivity contribution in [2.75, 3.05) is 7.11 Å². The third-order valence-corrected chi connectivity index (χ3v) is 5.41. The minimum Gasteiger partial charge on any atom is -0.464 e. The number of fused-ring (bicyclic) bond motifs is 1. The van der Waals surface area contributed by atoms with Gasteiger partial charge in [-0.15, -0.1) is 0 Å². The number of rotatable bonds is 1. The van der Waals surface area contributed by atoms with Crippen molar-refractivity contribution in [1.82, 2.24) is 9.29 Å². The average Bonchev–Trinajstić information content (AvgIpc) is 2.77. The van der Waals surface area contributed by atoms with E-state index < -0.39 is 16.0 Å². The first-order valence-corrected chi connectivity index (χ1v) is 8.79. The Hall–Kier alpha value is -1.60.